The topological polar surface area (TPSA) is 42.4 Å². The Morgan fingerprint density at radius 3 is 2.58 bits per heavy atom. The summed E-state index contributed by atoms with van der Waals surface area (Å²) in [6, 6.07) is 11.8. The maximum Gasteiger partial charge on any atom is 0.130 e. The first kappa shape index (κ1) is 13.6. The minimum absolute atomic E-state index is 0.317. The highest BCUT2D eigenvalue weighted by Gasteiger charge is 2.02. The Bertz CT molecular complexity index is 521. The lowest BCUT2D eigenvalue weighted by Crippen LogP contribution is -2.04. The number of benzene rings is 1. The van der Waals surface area contributed by atoms with Gasteiger partial charge in [0.05, 0.1) is 11.8 Å². The number of hydrogen-bond donors (Lipinski definition) is 1. The molecule has 0 radical (unpaired) electrons. The van der Waals surface area contributed by atoms with Crippen LogP contribution in [0.4, 0.5) is 0 Å². The summed E-state index contributed by atoms with van der Waals surface area (Å²) in [5, 5.41) is 9.32. The fourth-order valence-corrected chi connectivity index (χ4v) is 1.88. The van der Waals surface area contributed by atoms with Crippen molar-refractivity contribution in [2.24, 2.45) is 0 Å². The van der Waals surface area contributed by atoms with E-state index < -0.39 is 0 Å². The second kappa shape index (κ2) is 6.34. The quantitative estimate of drug-likeness (QED) is 0.895. The maximum atomic E-state index is 9.32. The molecule has 0 spiro atoms. The van der Waals surface area contributed by atoms with Crippen LogP contribution in [0.3, 0.4) is 0 Å². The summed E-state index contributed by atoms with van der Waals surface area (Å²) in [5.74, 6) is 0.819. The van der Waals surface area contributed by atoms with E-state index in [2.05, 4.69) is 4.98 Å². The number of hydrogen-bond acceptors (Lipinski definition) is 3. The molecule has 0 aliphatic heterocycles. The molecule has 1 unspecified atom stereocenters. The van der Waals surface area contributed by atoms with E-state index in [1.54, 1.807) is 13.1 Å². The summed E-state index contributed by atoms with van der Waals surface area (Å²) < 4.78 is 5.71. The first-order chi connectivity index (χ1) is 9.15. The van der Waals surface area contributed by atoms with Crippen LogP contribution < -0.4 is 4.74 Å². The van der Waals surface area contributed by atoms with Crippen LogP contribution in [-0.2, 0) is 13.0 Å². The predicted octanol–water partition coefficient (Wildman–Crippen LogP) is 2.89. The molecule has 0 saturated heterocycles. The minimum Gasteiger partial charge on any atom is -0.487 e. The largest absolute Gasteiger partial charge is 0.487 e. The van der Waals surface area contributed by atoms with Gasteiger partial charge >= 0.3 is 0 Å². The molecule has 2 rings (SSSR count). The van der Waals surface area contributed by atoms with Gasteiger partial charge in [0.1, 0.15) is 12.4 Å². The number of aromatic nitrogens is 1. The van der Waals surface area contributed by atoms with Crippen molar-refractivity contribution in [2.75, 3.05) is 0 Å². The Morgan fingerprint density at radius 1 is 1.21 bits per heavy atom. The molecular weight excluding hydrogens is 238 g/mol. The summed E-state index contributed by atoms with van der Waals surface area (Å²) in [7, 11) is 0. The first-order valence-corrected chi connectivity index (χ1v) is 6.45. The lowest BCUT2D eigenvalue weighted by atomic mass is 10.1. The second-order valence-corrected chi connectivity index (χ2v) is 4.75. The Labute approximate surface area is 113 Å². The number of nitrogens with zero attached hydrogens (tertiary/aromatic N) is 1. The molecule has 0 aliphatic carbocycles. The van der Waals surface area contributed by atoms with Crippen LogP contribution in [0, 0.1) is 6.92 Å². The number of aliphatic hydroxyl groups is 1. The Balaban J connectivity index is 1.95. The molecule has 2 aromatic rings. The van der Waals surface area contributed by atoms with Crippen molar-refractivity contribution in [1.29, 1.82) is 0 Å². The SMILES string of the molecule is Cc1cccnc1COc1ccc(CC(C)O)cc1. The number of aryl methyl sites for hydroxylation is 1. The highest BCUT2D eigenvalue weighted by Crippen LogP contribution is 2.15. The Kier molecular flexibility index (Phi) is 4.53. The van der Waals surface area contributed by atoms with Gasteiger partial charge in [-0.1, -0.05) is 18.2 Å². The van der Waals surface area contributed by atoms with Gasteiger partial charge in [-0.05, 0) is 49.6 Å². The highest BCUT2D eigenvalue weighted by atomic mass is 16.5. The summed E-state index contributed by atoms with van der Waals surface area (Å²) in [5.41, 5.74) is 3.19. The molecule has 0 bridgehead atoms. The van der Waals surface area contributed by atoms with Crippen LogP contribution in [0.25, 0.3) is 0 Å². The molecule has 100 valence electrons. The van der Waals surface area contributed by atoms with Crippen LogP contribution in [0.5, 0.6) is 5.75 Å². The molecule has 0 fully saturated rings. The van der Waals surface area contributed by atoms with Gasteiger partial charge in [0.15, 0.2) is 0 Å². The van der Waals surface area contributed by atoms with E-state index in [0.717, 1.165) is 22.6 Å². The third-order valence-corrected chi connectivity index (χ3v) is 2.95. The summed E-state index contributed by atoms with van der Waals surface area (Å²) in [6.07, 6.45) is 2.12. The van der Waals surface area contributed by atoms with Crippen LogP contribution in [0.2, 0.25) is 0 Å². The van der Waals surface area contributed by atoms with Crippen molar-refractivity contribution in [3.63, 3.8) is 0 Å². The molecule has 3 nitrogen and oxygen atoms in total. The van der Waals surface area contributed by atoms with Gasteiger partial charge in [-0.2, -0.15) is 0 Å². The molecule has 0 amide bonds. The zero-order chi connectivity index (χ0) is 13.7. The van der Waals surface area contributed by atoms with Crippen molar-refractivity contribution in [1.82, 2.24) is 4.98 Å². The standard InChI is InChI=1S/C16H19NO2/c1-12-4-3-9-17-16(12)11-19-15-7-5-14(6-8-15)10-13(2)18/h3-9,13,18H,10-11H2,1-2H3. The average molecular weight is 257 g/mol. The summed E-state index contributed by atoms with van der Waals surface area (Å²) in [6.45, 7) is 4.29. The second-order valence-electron chi connectivity index (χ2n) is 4.75. The van der Waals surface area contributed by atoms with Gasteiger partial charge in [0.25, 0.3) is 0 Å². The van der Waals surface area contributed by atoms with E-state index in [0.29, 0.717) is 13.0 Å². The van der Waals surface area contributed by atoms with E-state index in [4.69, 9.17) is 4.74 Å². The van der Waals surface area contributed by atoms with Crippen LogP contribution in [0.15, 0.2) is 42.6 Å². The van der Waals surface area contributed by atoms with Crippen molar-refractivity contribution in [3.05, 3.63) is 59.4 Å². The molecule has 1 heterocycles. The van der Waals surface area contributed by atoms with Crippen LogP contribution in [0.1, 0.15) is 23.7 Å². The third kappa shape index (κ3) is 4.07. The van der Waals surface area contributed by atoms with Gasteiger partial charge in [-0.15, -0.1) is 0 Å². The molecule has 0 aliphatic rings. The number of pyridine rings is 1. The van der Waals surface area contributed by atoms with Crippen molar-refractivity contribution >= 4 is 0 Å². The third-order valence-electron chi connectivity index (χ3n) is 2.95. The molecule has 1 aromatic carbocycles. The normalized spacial score (nSPS) is 12.2. The van der Waals surface area contributed by atoms with Gasteiger partial charge in [0, 0.05) is 6.20 Å². The molecule has 1 aromatic heterocycles. The maximum absolute atomic E-state index is 9.32. The first-order valence-electron chi connectivity index (χ1n) is 6.45. The molecule has 0 saturated carbocycles. The van der Waals surface area contributed by atoms with Crippen molar-refractivity contribution < 1.29 is 9.84 Å². The zero-order valence-electron chi connectivity index (χ0n) is 11.3. The highest BCUT2D eigenvalue weighted by molar-refractivity contribution is 5.28. The van der Waals surface area contributed by atoms with E-state index in [9.17, 15) is 5.11 Å². The van der Waals surface area contributed by atoms with Gasteiger partial charge in [0.2, 0.25) is 0 Å². The van der Waals surface area contributed by atoms with Gasteiger partial charge in [-0.25, -0.2) is 0 Å². The van der Waals surface area contributed by atoms with E-state index in [1.807, 2.05) is 43.3 Å². The summed E-state index contributed by atoms with van der Waals surface area (Å²) in [4.78, 5) is 4.29. The van der Waals surface area contributed by atoms with Gasteiger partial charge < -0.3 is 9.84 Å². The number of rotatable bonds is 5. The number of aliphatic hydroxyl groups excluding tert-OH is 1. The molecule has 3 heteroatoms. The zero-order valence-corrected chi connectivity index (χ0v) is 11.3. The molecule has 1 atom stereocenters. The Hall–Kier alpha value is -1.87. The smallest absolute Gasteiger partial charge is 0.130 e. The van der Waals surface area contributed by atoms with E-state index >= 15 is 0 Å². The van der Waals surface area contributed by atoms with Crippen LogP contribution >= 0.6 is 0 Å². The van der Waals surface area contributed by atoms with Gasteiger partial charge in [-0.3, -0.25) is 4.98 Å². The van der Waals surface area contributed by atoms with E-state index in [-0.39, 0.29) is 6.10 Å². The summed E-state index contributed by atoms with van der Waals surface area (Å²) >= 11 is 0. The molecule has 1 N–H and O–H groups in total. The number of ether oxygens (including phenoxy) is 1. The molecular formula is C16H19NO2. The fraction of sp³-hybridized carbons (Fsp3) is 0.312. The predicted molar refractivity (Wildman–Crippen MR) is 75.1 cm³/mol. The lowest BCUT2D eigenvalue weighted by Gasteiger charge is -2.09. The lowest BCUT2D eigenvalue weighted by molar-refractivity contribution is 0.195. The monoisotopic (exact) mass is 257 g/mol. The van der Waals surface area contributed by atoms with Crippen molar-refractivity contribution in [3.8, 4) is 5.75 Å². The fourth-order valence-electron chi connectivity index (χ4n) is 1.88. The minimum atomic E-state index is -0.317. The van der Waals surface area contributed by atoms with E-state index in [1.165, 1.54) is 0 Å². The Morgan fingerprint density at radius 2 is 1.95 bits per heavy atom. The van der Waals surface area contributed by atoms with Crippen LogP contribution in [-0.4, -0.2) is 16.2 Å². The molecule has 19 heavy (non-hydrogen) atoms. The van der Waals surface area contributed by atoms with Crippen molar-refractivity contribution in [2.45, 2.75) is 33.0 Å². The average Bonchev–Trinajstić information content (AvgIpc) is 2.39.